The van der Waals surface area contributed by atoms with Gasteiger partial charge >= 0.3 is 0 Å². The molecule has 2 heterocycles. The number of pyridine rings is 1. The van der Waals surface area contributed by atoms with Gasteiger partial charge < -0.3 is 19.7 Å². The molecule has 192 valence electrons. The molecule has 1 aliphatic heterocycles. The number of nitrogens with zero attached hydrogens (tertiary/aromatic N) is 1. The van der Waals surface area contributed by atoms with Crippen molar-refractivity contribution in [2.45, 2.75) is 69.3 Å². The van der Waals surface area contributed by atoms with Gasteiger partial charge in [0.05, 0.1) is 12.2 Å². The minimum absolute atomic E-state index is 0.0340. The smallest absolute Gasteiger partial charge is 0.193 e. The number of allylic oxidation sites excluding steroid dienone is 4. The summed E-state index contributed by atoms with van der Waals surface area (Å²) in [7, 11) is 0. The van der Waals surface area contributed by atoms with Gasteiger partial charge in [-0.05, 0) is 66.2 Å². The van der Waals surface area contributed by atoms with Crippen molar-refractivity contribution in [2.75, 3.05) is 6.61 Å². The average Bonchev–Trinajstić information content (AvgIpc) is 3.34. The molecule has 0 bridgehead atoms. The topological polar surface area (TPSA) is 106 Å². The summed E-state index contributed by atoms with van der Waals surface area (Å²) in [6, 6.07) is 3.48. The van der Waals surface area contributed by atoms with Crippen LogP contribution in [0.2, 0.25) is 0 Å². The van der Waals surface area contributed by atoms with E-state index in [0.29, 0.717) is 28.6 Å². The molecule has 2 saturated carbocycles. The zero-order chi connectivity index (χ0) is 25.7. The fraction of sp³-hybridized carbons (Fsp3) is 0.593. The van der Waals surface area contributed by atoms with Gasteiger partial charge in [0.25, 0.3) is 0 Å². The SMILES string of the molecule is C[C@]12C=CC(=O)CC1=CC[C@H]1[C@@H]3C[C@H]4OC(c5ccnc(Br)c5)O[C@@]4(C(=O)CO)[C@@]3(C)C[C@H](O)[C@@]12F. The molecular formula is C27H29BrFNO6. The molecule has 0 amide bonds. The number of alkyl halides is 1. The number of ketones is 2. The number of fused-ring (bicyclic) bond motifs is 7. The van der Waals surface area contributed by atoms with Crippen LogP contribution in [0.1, 0.15) is 51.4 Å². The second-order valence-corrected chi connectivity index (χ2v) is 12.1. The quantitative estimate of drug-likeness (QED) is 0.429. The third-order valence-corrected chi connectivity index (χ3v) is 10.4. The summed E-state index contributed by atoms with van der Waals surface area (Å²) >= 11 is 3.35. The van der Waals surface area contributed by atoms with Gasteiger partial charge in [0.1, 0.15) is 11.2 Å². The first-order valence-electron chi connectivity index (χ1n) is 12.4. The average molecular weight is 562 g/mol. The number of hydrogen-bond donors (Lipinski definition) is 2. The van der Waals surface area contributed by atoms with Gasteiger partial charge in [-0.25, -0.2) is 9.37 Å². The number of hydrogen-bond acceptors (Lipinski definition) is 7. The Balaban J connectivity index is 1.44. The van der Waals surface area contributed by atoms with Crippen LogP contribution in [0.15, 0.2) is 46.7 Å². The van der Waals surface area contributed by atoms with Gasteiger partial charge in [0, 0.05) is 34.9 Å². The maximum absolute atomic E-state index is 17.4. The number of rotatable bonds is 3. The summed E-state index contributed by atoms with van der Waals surface area (Å²) < 4.78 is 30.7. The lowest BCUT2D eigenvalue weighted by Crippen LogP contribution is -2.69. The molecule has 0 spiro atoms. The van der Waals surface area contributed by atoms with Gasteiger partial charge in [0.2, 0.25) is 0 Å². The van der Waals surface area contributed by atoms with Crippen LogP contribution < -0.4 is 0 Å². The van der Waals surface area contributed by atoms with Crippen molar-refractivity contribution in [1.29, 1.82) is 0 Å². The molecule has 2 N–H and O–H groups in total. The van der Waals surface area contributed by atoms with Crippen LogP contribution in [0.5, 0.6) is 0 Å². The summed E-state index contributed by atoms with van der Waals surface area (Å²) in [5.41, 5.74) is -4.28. The second-order valence-electron chi connectivity index (χ2n) is 11.3. The molecule has 6 rings (SSSR count). The van der Waals surface area contributed by atoms with Crippen molar-refractivity contribution in [3.63, 3.8) is 0 Å². The van der Waals surface area contributed by atoms with Crippen molar-refractivity contribution in [3.05, 3.63) is 52.3 Å². The first-order chi connectivity index (χ1) is 17.0. The Kier molecular flexibility index (Phi) is 5.36. The minimum atomic E-state index is -2.02. The fourth-order valence-corrected chi connectivity index (χ4v) is 8.57. The number of Topliss-reactive ketones (excluding diaryl/α,β-unsaturated/α-hetero) is 1. The molecule has 9 heteroatoms. The molecule has 36 heavy (non-hydrogen) atoms. The van der Waals surface area contributed by atoms with Gasteiger partial charge in [0.15, 0.2) is 29.1 Å². The van der Waals surface area contributed by atoms with E-state index < -0.39 is 58.9 Å². The molecule has 1 aromatic rings. The molecule has 9 atom stereocenters. The van der Waals surface area contributed by atoms with E-state index in [-0.39, 0.29) is 24.5 Å². The molecular weight excluding hydrogens is 533 g/mol. The third-order valence-electron chi connectivity index (χ3n) is 9.93. The van der Waals surface area contributed by atoms with Gasteiger partial charge in [-0.2, -0.15) is 0 Å². The number of aromatic nitrogens is 1. The monoisotopic (exact) mass is 561 g/mol. The Morgan fingerprint density at radius 1 is 1.33 bits per heavy atom. The highest BCUT2D eigenvalue weighted by atomic mass is 79.9. The van der Waals surface area contributed by atoms with E-state index in [1.165, 1.54) is 6.08 Å². The second kappa shape index (κ2) is 7.86. The van der Waals surface area contributed by atoms with Crippen molar-refractivity contribution < 1.29 is 33.7 Å². The number of carbonyl (C=O) groups excluding carboxylic acids is 2. The number of ether oxygens (including phenoxy) is 2. The highest BCUT2D eigenvalue weighted by Gasteiger charge is 2.79. The molecule has 7 nitrogen and oxygen atoms in total. The van der Waals surface area contributed by atoms with E-state index in [1.807, 2.05) is 13.0 Å². The number of halogens is 2. The lowest BCUT2D eigenvalue weighted by atomic mass is 9.45. The Bertz CT molecular complexity index is 1220. The maximum atomic E-state index is 17.4. The predicted octanol–water partition coefficient (Wildman–Crippen LogP) is 3.54. The molecule has 4 aliphatic carbocycles. The van der Waals surface area contributed by atoms with E-state index in [0.717, 1.165) is 0 Å². The van der Waals surface area contributed by atoms with Gasteiger partial charge in [-0.3, -0.25) is 9.59 Å². The van der Waals surface area contributed by atoms with Crippen LogP contribution in [-0.4, -0.2) is 56.8 Å². The van der Waals surface area contributed by atoms with Crippen molar-refractivity contribution in [3.8, 4) is 0 Å². The van der Waals surface area contributed by atoms with Crippen molar-refractivity contribution >= 4 is 27.5 Å². The standard InChI is InChI=1S/C27H29BrFNO6/c1-24-7-5-16(32)10-15(24)3-4-17-18-11-21-27(20(34)13-31,25(18,2)12-19(33)26(17,24)29)36-23(35-21)14-6-8-30-22(28)9-14/h3,5-9,17-19,21,23,31,33H,4,10-13H2,1-2H3/t17-,18-,19-,21+,23?,24-,25-,26-,27+/m0/s1. The first kappa shape index (κ1) is 24.6. The van der Waals surface area contributed by atoms with E-state index in [1.54, 1.807) is 31.3 Å². The molecule has 1 saturated heterocycles. The van der Waals surface area contributed by atoms with E-state index in [9.17, 15) is 19.8 Å². The predicted molar refractivity (Wildman–Crippen MR) is 129 cm³/mol. The van der Waals surface area contributed by atoms with Gasteiger partial charge in [-0.15, -0.1) is 0 Å². The first-order valence-corrected chi connectivity index (χ1v) is 13.2. The van der Waals surface area contributed by atoms with Crippen LogP contribution >= 0.6 is 15.9 Å². The van der Waals surface area contributed by atoms with Crippen molar-refractivity contribution in [2.24, 2.45) is 22.7 Å². The van der Waals surface area contributed by atoms with Crippen LogP contribution in [0.4, 0.5) is 4.39 Å². The van der Waals surface area contributed by atoms with Crippen LogP contribution in [0.3, 0.4) is 0 Å². The Morgan fingerprint density at radius 2 is 2.11 bits per heavy atom. The van der Waals surface area contributed by atoms with E-state index in [4.69, 9.17) is 9.47 Å². The van der Waals surface area contributed by atoms with Crippen LogP contribution in [-0.2, 0) is 19.1 Å². The van der Waals surface area contributed by atoms with Crippen LogP contribution in [0, 0.1) is 22.7 Å². The molecule has 5 aliphatic rings. The van der Waals surface area contributed by atoms with Crippen LogP contribution in [0.25, 0.3) is 0 Å². The van der Waals surface area contributed by atoms with Crippen molar-refractivity contribution in [1.82, 2.24) is 4.98 Å². The minimum Gasteiger partial charge on any atom is -0.390 e. The number of aliphatic hydroxyl groups is 2. The zero-order valence-corrected chi connectivity index (χ0v) is 21.7. The molecule has 3 fully saturated rings. The highest BCUT2D eigenvalue weighted by Crippen LogP contribution is 2.72. The fourth-order valence-electron chi connectivity index (χ4n) is 8.19. The summed E-state index contributed by atoms with van der Waals surface area (Å²) in [6.45, 7) is 2.88. The summed E-state index contributed by atoms with van der Waals surface area (Å²) in [6.07, 6.45) is 4.40. The lowest BCUT2D eigenvalue weighted by Gasteiger charge is -2.62. The summed E-state index contributed by atoms with van der Waals surface area (Å²) in [5.74, 6) is -1.56. The summed E-state index contributed by atoms with van der Waals surface area (Å²) in [4.78, 5) is 29.7. The maximum Gasteiger partial charge on any atom is 0.193 e. The van der Waals surface area contributed by atoms with Gasteiger partial charge in [-0.1, -0.05) is 24.6 Å². The Labute approximate surface area is 216 Å². The third kappa shape index (κ3) is 2.84. The number of carbonyl (C=O) groups is 2. The van der Waals surface area contributed by atoms with E-state index >= 15 is 4.39 Å². The molecule has 1 unspecified atom stereocenters. The van der Waals surface area contributed by atoms with E-state index in [2.05, 4.69) is 20.9 Å². The molecule has 0 aromatic carbocycles. The molecule has 0 radical (unpaired) electrons. The zero-order valence-electron chi connectivity index (χ0n) is 20.1. The highest BCUT2D eigenvalue weighted by molar-refractivity contribution is 9.10. The number of aliphatic hydroxyl groups excluding tert-OH is 2. The Morgan fingerprint density at radius 3 is 2.83 bits per heavy atom. The largest absolute Gasteiger partial charge is 0.390 e. The Hall–Kier alpha value is -1.78. The normalized spacial score (nSPS) is 47.0. The summed E-state index contributed by atoms with van der Waals surface area (Å²) in [5, 5.41) is 21.6. The lowest BCUT2D eigenvalue weighted by molar-refractivity contribution is -0.227. The molecule has 1 aromatic heterocycles.